The van der Waals surface area contributed by atoms with Gasteiger partial charge in [-0.2, -0.15) is 0 Å². The Bertz CT molecular complexity index is 244. The molecule has 92 valence electrons. The second-order valence-corrected chi connectivity index (χ2v) is 5.87. The van der Waals surface area contributed by atoms with Crippen molar-refractivity contribution in [3.8, 4) is 0 Å². The Morgan fingerprint density at radius 3 is 2.56 bits per heavy atom. The van der Waals surface area contributed by atoms with Crippen molar-refractivity contribution in [1.82, 2.24) is 5.32 Å². The van der Waals surface area contributed by atoms with Gasteiger partial charge in [0.05, 0.1) is 0 Å². The number of carbonyl (C=O) groups is 1. The van der Waals surface area contributed by atoms with E-state index in [-0.39, 0.29) is 11.3 Å². The molecule has 0 aromatic rings. The van der Waals surface area contributed by atoms with Crippen LogP contribution in [0.3, 0.4) is 0 Å². The van der Waals surface area contributed by atoms with Crippen LogP contribution in [0.15, 0.2) is 0 Å². The maximum Gasteiger partial charge on any atom is 0.220 e. The maximum atomic E-state index is 11.6. The van der Waals surface area contributed by atoms with Crippen LogP contribution in [-0.2, 0) is 4.79 Å². The highest BCUT2D eigenvalue weighted by atomic mass is 35.5. The first-order valence-electron chi connectivity index (χ1n) is 6.57. The van der Waals surface area contributed by atoms with Gasteiger partial charge in [0, 0.05) is 24.3 Å². The molecule has 16 heavy (non-hydrogen) atoms. The number of carbonyl (C=O) groups excluding carboxylic acids is 1. The molecule has 2 rings (SSSR count). The molecule has 0 unspecified atom stereocenters. The lowest BCUT2D eigenvalue weighted by Crippen LogP contribution is -2.31. The quantitative estimate of drug-likeness (QED) is 0.714. The number of nitrogens with one attached hydrogen (secondary N) is 1. The Balaban J connectivity index is 1.57. The van der Waals surface area contributed by atoms with Gasteiger partial charge in [0.25, 0.3) is 0 Å². The number of alkyl halides is 1. The summed E-state index contributed by atoms with van der Waals surface area (Å²) < 4.78 is 0. The van der Waals surface area contributed by atoms with Crippen LogP contribution in [0.5, 0.6) is 0 Å². The molecule has 0 atom stereocenters. The van der Waals surface area contributed by atoms with Crippen LogP contribution in [-0.4, -0.2) is 18.3 Å². The van der Waals surface area contributed by atoms with Crippen LogP contribution in [0.2, 0.25) is 0 Å². The minimum Gasteiger partial charge on any atom is -0.356 e. The van der Waals surface area contributed by atoms with Crippen molar-refractivity contribution in [2.45, 2.75) is 51.4 Å². The molecule has 0 aromatic carbocycles. The monoisotopic (exact) mass is 243 g/mol. The molecule has 2 saturated carbocycles. The van der Waals surface area contributed by atoms with Gasteiger partial charge in [0.2, 0.25) is 5.91 Å². The smallest absolute Gasteiger partial charge is 0.220 e. The SMILES string of the molecule is O=C(CCC1CCCC1)NCC1(CCl)CC1. The van der Waals surface area contributed by atoms with E-state index in [0.717, 1.165) is 18.9 Å². The zero-order chi connectivity index (χ0) is 11.4. The molecule has 0 bridgehead atoms. The van der Waals surface area contributed by atoms with Crippen molar-refractivity contribution in [2.24, 2.45) is 11.3 Å². The largest absolute Gasteiger partial charge is 0.356 e. The predicted octanol–water partition coefficient (Wildman–Crippen LogP) is 3.09. The van der Waals surface area contributed by atoms with Gasteiger partial charge in [-0.25, -0.2) is 0 Å². The molecule has 2 aliphatic rings. The molecule has 1 N–H and O–H groups in total. The van der Waals surface area contributed by atoms with E-state index >= 15 is 0 Å². The van der Waals surface area contributed by atoms with Gasteiger partial charge in [0.15, 0.2) is 0 Å². The second kappa shape index (κ2) is 5.39. The molecule has 0 radical (unpaired) electrons. The highest BCUT2D eigenvalue weighted by Crippen LogP contribution is 2.45. The summed E-state index contributed by atoms with van der Waals surface area (Å²) >= 11 is 5.87. The summed E-state index contributed by atoms with van der Waals surface area (Å²) in [6, 6.07) is 0. The van der Waals surface area contributed by atoms with E-state index in [1.165, 1.54) is 38.5 Å². The summed E-state index contributed by atoms with van der Waals surface area (Å²) in [7, 11) is 0. The number of hydrogen-bond donors (Lipinski definition) is 1. The van der Waals surface area contributed by atoms with Gasteiger partial charge < -0.3 is 5.32 Å². The standard InChI is InChI=1S/C13H22ClNO/c14-9-13(7-8-13)10-15-12(16)6-5-11-3-1-2-4-11/h11H,1-10H2,(H,15,16). The lowest BCUT2D eigenvalue weighted by molar-refractivity contribution is -0.121. The fourth-order valence-electron chi connectivity index (χ4n) is 2.54. The molecular weight excluding hydrogens is 222 g/mol. The van der Waals surface area contributed by atoms with Crippen LogP contribution in [0.25, 0.3) is 0 Å². The summed E-state index contributed by atoms with van der Waals surface area (Å²) in [6.45, 7) is 0.792. The molecular formula is C13H22ClNO. The molecule has 0 spiro atoms. The van der Waals surface area contributed by atoms with Crippen LogP contribution in [0.1, 0.15) is 51.4 Å². The van der Waals surface area contributed by atoms with Crippen molar-refractivity contribution < 1.29 is 4.79 Å². The minimum absolute atomic E-state index is 0.225. The van der Waals surface area contributed by atoms with Crippen LogP contribution in [0, 0.1) is 11.3 Å². The van der Waals surface area contributed by atoms with Gasteiger partial charge in [-0.1, -0.05) is 25.7 Å². The van der Waals surface area contributed by atoms with E-state index in [4.69, 9.17) is 11.6 Å². The number of rotatable bonds is 6. The Morgan fingerprint density at radius 1 is 1.31 bits per heavy atom. The van der Waals surface area contributed by atoms with Gasteiger partial charge in [-0.15, -0.1) is 11.6 Å². The highest BCUT2D eigenvalue weighted by molar-refractivity contribution is 6.18. The Morgan fingerprint density at radius 2 is 2.00 bits per heavy atom. The van der Waals surface area contributed by atoms with Gasteiger partial charge >= 0.3 is 0 Å². The number of amides is 1. The molecule has 2 fully saturated rings. The highest BCUT2D eigenvalue weighted by Gasteiger charge is 2.41. The molecule has 0 saturated heterocycles. The normalized spacial score (nSPS) is 23.3. The number of hydrogen-bond acceptors (Lipinski definition) is 1. The van der Waals surface area contributed by atoms with Crippen molar-refractivity contribution >= 4 is 17.5 Å². The van der Waals surface area contributed by atoms with Crippen LogP contribution in [0.4, 0.5) is 0 Å². The lowest BCUT2D eigenvalue weighted by Gasteiger charge is -2.13. The predicted molar refractivity (Wildman–Crippen MR) is 66.6 cm³/mol. The van der Waals surface area contributed by atoms with E-state index in [0.29, 0.717) is 12.3 Å². The molecule has 3 heteroatoms. The first-order chi connectivity index (χ1) is 7.74. The van der Waals surface area contributed by atoms with E-state index in [2.05, 4.69) is 5.32 Å². The molecule has 0 aromatic heterocycles. The summed E-state index contributed by atoms with van der Waals surface area (Å²) in [5, 5.41) is 3.04. The fourth-order valence-corrected chi connectivity index (χ4v) is 2.90. The van der Waals surface area contributed by atoms with E-state index in [1.807, 2.05) is 0 Å². The molecule has 1 amide bonds. The van der Waals surface area contributed by atoms with Crippen LogP contribution >= 0.6 is 11.6 Å². The zero-order valence-electron chi connectivity index (χ0n) is 9.93. The average molecular weight is 244 g/mol. The van der Waals surface area contributed by atoms with Crippen molar-refractivity contribution in [1.29, 1.82) is 0 Å². The third-order valence-corrected chi connectivity index (χ3v) is 4.72. The first kappa shape index (κ1) is 12.2. The third-order valence-electron chi connectivity index (χ3n) is 4.16. The summed E-state index contributed by atoms with van der Waals surface area (Å²) in [5.74, 6) is 1.73. The minimum atomic E-state index is 0.225. The lowest BCUT2D eigenvalue weighted by atomic mass is 10.0. The summed E-state index contributed by atoms with van der Waals surface area (Å²) in [6.07, 6.45) is 9.54. The molecule has 0 heterocycles. The van der Waals surface area contributed by atoms with Crippen molar-refractivity contribution in [2.75, 3.05) is 12.4 Å². The van der Waals surface area contributed by atoms with Crippen LogP contribution < -0.4 is 5.32 Å². The van der Waals surface area contributed by atoms with E-state index in [9.17, 15) is 4.79 Å². The Labute approximate surface area is 103 Å². The summed E-state index contributed by atoms with van der Waals surface area (Å²) in [5.41, 5.74) is 0.255. The third kappa shape index (κ3) is 3.38. The van der Waals surface area contributed by atoms with Crippen molar-refractivity contribution in [3.63, 3.8) is 0 Å². The Kier molecular flexibility index (Phi) is 4.12. The van der Waals surface area contributed by atoms with Gasteiger partial charge in [-0.3, -0.25) is 4.79 Å². The molecule has 2 aliphatic carbocycles. The van der Waals surface area contributed by atoms with Gasteiger partial charge in [0.1, 0.15) is 0 Å². The second-order valence-electron chi connectivity index (χ2n) is 5.60. The zero-order valence-corrected chi connectivity index (χ0v) is 10.7. The fraction of sp³-hybridized carbons (Fsp3) is 0.923. The maximum absolute atomic E-state index is 11.6. The topological polar surface area (TPSA) is 29.1 Å². The van der Waals surface area contributed by atoms with E-state index in [1.54, 1.807) is 0 Å². The Hall–Kier alpha value is -0.240. The number of halogens is 1. The molecule has 2 nitrogen and oxygen atoms in total. The van der Waals surface area contributed by atoms with E-state index < -0.39 is 0 Å². The molecule has 0 aliphatic heterocycles. The summed E-state index contributed by atoms with van der Waals surface area (Å²) in [4.78, 5) is 11.6. The first-order valence-corrected chi connectivity index (χ1v) is 7.10. The van der Waals surface area contributed by atoms with Gasteiger partial charge in [-0.05, 0) is 25.2 Å². The average Bonchev–Trinajstić information content (AvgIpc) is 2.90. The van der Waals surface area contributed by atoms with Crippen molar-refractivity contribution in [3.05, 3.63) is 0 Å².